The zero-order valence-electron chi connectivity index (χ0n) is 7.91. The van der Waals surface area contributed by atoms with Crippen molar-refractivity contribution >= 4 is 5.97 Å². The molecule has 0 aliphatic rings. The fraction of sp³-hybridized carbons (Fsp3) is 0.300. The van der Waals surface area contributed by atoms with E-state index in [0.717, 1.165) is 0 Å². The number of halogens is 2. The molecule has 1 aromatic rings. The molecular weight excluding hydrogens is 204 g/mol. The first-order valence-electron chi connectivity index (χ1n) is 4.39. The van der Waals surface area contributed by atoms with Gasteiger partial charge < -0.3 is 10.4 Å². The second kappa shape index (κ2) is 5.41. The van der Waals surface area contributed by atoms with Crippen molar-refractivity contribution in [3.05, 3.63) is 35.4 Å². The number of aliphatic carboxylic acids is 1. The Labute approximate surface area is 85.7 Å². The van der Waals surface area contributed by atoms with Gasteiger partial charge in [-0.05, 0) is 11.6 Å². The number of benzene rings is 1. The maximum absolute atomic E-state index is 12.3. The van der Waals surface area contributed by atoms with Gasteiger partial charge in [-0.25, -0.2) is 8.78 Å². The molecular formula is C10H11F2NO2. The first kappa shape index (κ1) is 11.6. The molecule has 1 rings (SSSR count). The summed E-state index contributed by atoms with van der Waals surface area (Å²) in [6.45, 7) is 0.0891. The second-order valence-corrected chi connectivity index (χ2v) is 3.04. The summed E-state index contributed by atoms with van der Waals surface area (Å²) in [5, 5.41) is 11.0. The molecule has 0 bridgehead atoms. The van der Waals surface area contributed by atoms with Crippen molar-refractivity contribution in [1.29, 1.82) is 0 Å². The van der Waals surface area contributed by atoms with E-state index in [2.05, 4.69) is 5.32 Å². The summed E-state index contributed by atoms with van der Waals surface area (Å²) in [6.07, 6.45) is -2.50. The fourth-order valence-electron chi connectivity index (χ4n) is 1.15. The summed E-state index contributed by atoms with van der Waals surface area (Å²) in [5.74, 6) is -0.972. The third-order valence-electron chi connectivity index (χ3n) is 1.81. The lowest BCUT2D eigenvalue weighted by atomic mass is 10.1. The number of carboxylic acids is 1. The number of alkyl halides is 2. The van der Waals surface area contributed by atoms with Crippen LogP contribution in [0.25, 0.3) is 0 Å². The molecule has 0 atom stereocenters. The van der Waals surface area contributed by atoms with Crippen LogP contribution in [0.5, 0.6) is 0 Å². The topological polar surface area (TPSA) is 49.3 Å². The van der Waals surface area contributed by atoms with E-state index in [4.69, 9.17) is 5.11 Å². The Balaban J connectivity index is 2.54. The molecule has 2 N–H and O–H groups in total. The minimum Gasteiger partial charge on any atom is -0.480 e. The lowest BCUT2D eigenvalue weighted by molar-refractivity contribution is -0.135. The van der Waals surface area contributed by atoms with Crippen molar-refractivity contribution in [3.63, 3.8) is 0 Å². The molecule has 0 fully saturated rings. The summed E-state index contributed by atoms with van der Waals surface area (Å²) in [6, 6.07) is 5.89. The quantitative estimate of drug-likeness (QED) is 0.787. The van der Waals surface area contributed by atoms with E-state index >= 15 is 0 Å². The summed E-state index contributed by atoms with van der Waals surface area (Å²) >= 11 is 0. The van der Waals surface area contributed by atoms with Gasteiger partial charge in [-0.1, -0.05) is 18.2 Å². The molecule has 0 radical (unpaired) electrons. The third-order valence-corrected chi connectivity index (χ3v) is 1.81. The highest BCUT2D eigenvalue weighted by Crippen LogP contribution is 2.19. The van der Waals surface area contributed by atoms with Gasteiger partial charge in [-0.3, -0.25) is 4.79 Å². The van der Waals surface area contributed by atoms with Crippen molar-refractivity contribution in [1.82, 2.24) is 5.32 Å². The van der Waals surface area contributed by atoms with Crippen LogP contribution in [0.2, 0.25) is 0 Å². The van der Waals surface area contributed by atoms with Crippen LogP contribution < -0.4 is 5.32 Å². The smallest absolute Gasteiger partial charge is 0.317 e. The van der Waals surface area contributed by atoms with Gasteiger partial charge in [0.25, 0.3) is 6.43 Å². The first-order chi connectivity index (χ1) is 7.09. The monoisotopic (exact) mass is 215 g/mol. The zero-order chi connectivity index (χ0) is 11.3. The predicted octanol–water partition coefficient (Wildman–Crippen LogP) is 1.80. The third kappa shape index (κ3) is 4.03. The Morgan fingerprint density at radius 1 is 1.47 bits per heavy atom. The van der Waals surface area contributed by atoms with Gasteiger partial charge in [0.1, 0.15) is 0 Å². The summed E-state index contributed by atoms with van der Waals surface area (Å²) in [7, 11) is 0. The van der Waals surface area contributed by atoms with Gasteiger partial charge in [0.15, 0.2) is 0 Å². The molecule has 0 amide bonds. The number of carbonyl (C=O) groups is 1. The van der Waals surface area contributed by atoms with Crippen LogP contribution in [0.15, 0.2) is 24.3 Å². The van der Waals surface area contributed by atoms with E-state index in [1.54, 1.807) is 6.07 Å². The molecule has 0 unspecified atom stereocenters. The second-order valence-electron chi connectivity index (χ2n) is 3.04. The van der Waals surface area contributed by atoms with Crippen molar-refractivity contribution in [2.45, 2.75) is 13.0 Å². The number of rotatable bonds is 5. The largest absolute Gasteiger partial charge is 0.480 e. The van der Waals surface area contributed by atoms with Gasteiger partial charge in [-0.2, -0.15) is 0 Å². The highest BCUT2D eigenvalue weighted by atomic mass is 19.3. The van der Waals surface area contributed by atoms with Crippen LogP contribution in [-0.2, 0) is 11.3 Å². The predicted molar refractivity (Wildman–Crippen MR) is 50.7 cm³/mol. The molecule has 82 valence electrons. The highest BCUT2D eigenvalue weighted by Gasteiger charge is 2.06. The van der Waals surface area contributed by atoms with Gasteiger partial charge in [0.2, 0.25) is 0 Å². The number of nitrogens with one attached hydrogen (secondary N) is 1. The van der Waals surface area contributed by atoms with E-state index in [-0.39, 0.29) is 18.7 Å². The summed E-state index contributed by atoms with van der Waals surface area (Å²) in [4.78, 5) is 10.2. The standard InChI is InChI=1S/C10H11F2NO2/c11-10(12)8-3-1-2-7(4-8)5-13-6-9(14)15/h1-4,10,13H,5-6H2,(H,14,15). The number of hydrogen-bond donors (Lipinski definition) is 2. The minimum absolute atomic E-state index is 0.0513. The van der Waals surface area contributed by atoms with Gasteiger partial charge in [-0.15, -0.1) is 0 Å². The molecule has 0 aliphatic carbocycles. The molecule has 0 aromatic heterocycles. The number of hydrogen-bond acceptors (Lipinski definition) is 2. The summed E-state index contributed by atoms with van der Waals surface area (Å²) in [5.41, 5.74) is 0.596. The van der Waals surface area contributed by atoms with Gasteiger partial charge in [0, 0.05) is 12.1 Å². The highest BCUT2D eigenvalue weighted by molar-refractivity contribution is 5.68. The van der Waals surface area contributed by atoms with Crippen LogP contribution in [0, 0.1) is 0 Å². The lowest BCUT2D eigenvalue weighted by Gasteiger charge is -2.04. The molecule has 15 heavy (non-hydrogen) atoms. The average molecular weight is 215 g/mol. The Hall–Kier alpha value is -1.49. The molecule has 5 heteroatoms. The van der Waals surface area contributed by atoms with Crippen LogP contribution >= 0.6 is 0 Å². The van der Waals surface area contributed by atoms with E-state index in [1.165, 1.54) is 18.2 Å². The molecule has 0 saturated heterocycles. The normalized spacial score (nSPS) is 10.6. The fourth-order valence-corrected chi connectivity index (χ4v) is 1.15. The van der Waals surface area contributed by atoms with E-state index < -0.39 is 12.4 Å². The SMILES string of the molecule is O=C(O)CNCc1cccc(C(F)F)c1. The average Bonchev–Trinajstić information content (AvgIpc) is 2.17. The van der Waals surface area contributed by atoms with Crippen LogP contribution in [-0.4, -0.2) is 17.6 Å². The molecule has 0 heterocycles. The van der Waals surface area contributed by atoms with Crippen LogP contribution in [0.3, 0.4) is 0 Å². The molecule has 0 saturated carbocycles. The zero-order valence-corrected chi connectivity index (χ0v) is 7.91. The molecule has 3 nitrogen and oxygen atoms in total. The van der Waals surface area contributed by atoms with Crippen LogP contribution in [0.4, 0.5) is 8.78 Å². The Morgan fingerprint density at radius 2 is 2.20 bits per heavy atom. The Morgan fingerprint density at radius 3 is 2.80 bits per heavy atom. The van der Waals surface area contributed by atoms with Gasteiger partial charge >= 0.3 is 5.97 Å². The van der Waals surface area contributed by atoms with Crippen molar-refractivity contribution in [2.75, 3.05) is 6.54 Å². The molecule has 0 spiro atoms. The molecule has 1 aromatic carbocycles. The van der Waals surface area contributed by atoms with Crippen molar-refractivity contribution in [3.8, 4) is 0 Å². The molecule has 0 aliphatic heterocycles. The summed E-state index contributed by atoms with van der Waals surface area (Å²) < 4.78 is 24.6. The Bertz CT molecular complexity index is 342. The van der Waals surface area contributed by atoms with E-state index in [1.807, 2.05) is 0 Å². The van der Waals surface area contributed by atoms with Crippen molar-refractivity contribution < 1.29 is 18.7 Å². The van der Waals surface area contributed by atoms with E-state index in [9.17, 15) is 13.6 Å². The Kier molecular flexibility index (Phi) is 4.17. The minimum atomic E-state index is -2.50. The van der Waals surface area contributed by atoms with Gasteiger partial charge in [0.05, 0.1) is 6.54 Å². The number of carboxylic acid groups (broad SMARTS) is 1. The van der Waals surface area contributed by atoms with Crippen molar-refractivity contribution in [2.24, 2.45) is 0 Å². The van der Waals surface area contributed by atoms with Crippen LogP contribution in [0.1, 0.15) is 17.6 Å². The maximum atomic E-state index is 12.3. The lowest BCUT2D eigenvalue weighted by Crippen LogP contribution is -2.21. The maximum Gasteiger partial charge on any atom is 0.317 e. The first-order valence-corrected chi connectivity index (χ1v) is 4.39. The van der Waals surface area contributed by atoms with E-state index in [0.29, 0.717) is 5.56 Å².